The predicted molar refractivity (Wildman–Crippen MR) is 116 cm³/mol. The molecule has 0 aromatic heterocycles. The molecular formula is C26H27NO4. The van der Waals surface area contributed by atoms with Gasteiger partial charge in [-0.2, -0.15) is 0 Å². The van der Waals surface area contributed by atoms with Crippen LogP contribution in [0.3, 0.4) is 0 Å². The molecule has 1 amide bonds. The lowest BCUT2D eigenvalue weighted by Gasteiger charge is -2.42. The van der Waals surface area contributed by atoms with Crippen LogP contribution >= 0.6 is 0 Å². The van der Waals surface area contributed by atoms with E-state index in [1.165, 1.54) is 22.3 Å². The van der Waals surface area contributed by atoms with Gasteiger partial charge in [-0.25, -0.2) is 4.79 Å². The van der Waals surface area contributed by atoms with Crippen LogP contribution in [0, 0.1) is 22.7 Å². The number of benzene rings is 2. The van der Waals surface area contributed by atoms with Gasteiger partial charge in [-0.05, 0) is 66.7 Å². The van der Waals surface area contributed by atoms with Crippen LogP contribution in [0.4, 0.5) is 4.79 Å². The molecule has 3 atom stereocenters. The molecule has 5 nitrogen and oxygen atoms in total. The fraction of sp³-hybridized carbons (Fsp3) is 0.462. The SMILES string of the molecule is CC(NC(=O)OCC1c2ccccc2-c2ccccc21)C12CC3CC1(C(=O)O)CC3C2. The maximum Gasteiger partial charge on any atom is 0.407 e. The molecule has 2 N–H and O–H groups in total. The van der Waals surface area contributed by atoms with Gasteiger partial charge < -0.3 is 15.2 Å². The number of alkyl carbamates (subject to hydrolysis) is 1. The quantitative estimate of drug-likeness (QED) is 0.732. The fourth-order valence-electron chi connectivity index (χ4n) is 7.72. The molecule has 0 saturated heterocycles. The number of fused-ring (bicyclic) bond motifs is 3. The Hall–Kier alpha value is -2.82. The molecule has 4 saturated carbocycles. The number of aliphatic carboxylic acids is 1. The van der Waals surface area contributed by atoms with Crippen LogP contribution in [0.5, 0.6) is 0 Å². The topological polar surface area (TPSA) is 75.6 Å². The lowest BCUT2D eigenvalue weighted by Crippen LogP contribution is -2.53. The summed E-state index contributed by atoms with van der Waals surface area (Å²) in [7, 11) is 0. The molecule has 2 aromatic rings. The molecule has 4 bridgehead atoms. The number of hydrogen-bond donors (Lipinski definition) is 2. The second-order valence-corrected chi connectivity index (χ2v) is 10.1. The van der Waals surface area contributed by atoms with Crippen LogP contribution in [0.1, 0.15) is 49.7 Å². The van der Waals surface area contributed by atoms with Gasteiger partial charge >= 0.3 is 12.1 Å². The normalized spacial score (nSPS) is 32.7. The first-order valence-corrected chi connectivity index (χ1v) is 11.3. The van der Waals surface area contributed by atoms with Crippen molar-refractivity contribution in [3.8, 4) is 11.1 Å². The van der Waals surface area contributed by atoms with Crippen LogP contribution in [0.15, 0.2) is 48.5 Å². The van der Waals surface area contributed by atoms with Crippen molar-refractivity contribution in [3.05, 3.63) is 59.7 Å². The highest BCUT2D eigenvalue weighted by Gasteiger charge is 2.76. The fourth-order valence-corrected chi connectivity index (χ4v) is 7.72. The summed E-state index contributed by atoms with van der Waals surface area (Å²) in [5.74, 6) is 0.342. The Morgan fingerprint density at radius 3 is 2.10 bits per heavy atom. The summed E-state index contributed by atoms with van der Waals surface area (Å²) in [5, 5.41) is 13.0. The minimum atomic E-state index is -0.684. The largest absolute Gasteiger partial charge is 0.481 e. The Kier molecular flexibility index (Phi) is 3.87. The summed E-state index contributed by atoms with van der Waals surface area (Å²) in [6.07, 6.45) is 2.91. The molecule has 0 heterocycles. The molecule has 160 valence electrons. The standard InChI is InChI=1S/C26H27NO4/c1-15(25-10-16-12-26(25,23(28)29)13-17(16)11-25)27-24(30)31-14-22-20-8-4-2-6-18(20)19-7-3-5-9-21(19)22/h2-9,15-17,22H,10-14H2,1H3,(H,27,30)(H,28,29). The molecule has 2 aromatic carbocycles. The third-order valence-corrected chi connectivity index (χ3v) is 9.01. The van der Waals surface area contributed by atoms with Crippen LogP contribution in [-0.2, 0) is 9.53 Å². The molecule has 31 heavy (non-hydrogen) atoms. The number of carbonyl (C=O) groups is 2. The van der Waals surface area contributed by atoms with Crippen molar-refractivity contribution in [2.45, 2.75) is 44.6 Å². The summed E-state index contributed by atoms with van der Waals surface area (Å²) in [6, 6.07) is 16.3. The van der Waals surface area contributed by atoms with E-state index in [4.69, 9.17) is 4.74 Å². The van der Waals surface area contributed by atoms with E-state index in [0.29, 0.717) is 11.8 Å². The maximum absolute atomic E-state index is 12.8. The van der Waals surface area contributed by atoms with Crippen molar-refractivity contribution in [2.24, 2.45) is 22.7 Å². The van der Waals surface area contributed by atoms with Crippen molar-refractivity contribution < 1.29 is 19.4 Å². The molecule has 5 aliphatic carbocycles. The summed E-state index contributed by atoms with van der Waals surface area (Å²) in [4.78, 5) is 25.0. The van der Waals surface area contributed by atoms with Crippen LogP contribution in [0.25, 0.3) is 11.1 Å². The highest BCUT2D eigenvalue weighted by atomic mass is 16.5. The Labute approximate surface area is 181 Å². The summed E-state index contributed by atoms with van der Waals surface area (Å²) >= 11 is 0. The van der Waals surface area contributed by atoms with Crippen LogP contribution in [-0.4, -0.2) is 29.8 Å². The monoisotopic (exact) mass is 417 g/mol. The van der Waals surface area contributed by atoms with E-state index >= 15 is 0 Å². The van der Waals surface area contributed by atoms with Crippen molar-refractivity contribution in [3.63, 3.8) is 0 Å². The van der Waals surface area contributed by atoms with E-state index in [0.717, 1.165) is 25.7 Å². The molecule has 5 aliphatic rings. The third kappa shape index (κ3) is 2.38. The van der Waals surface area contributed by atoms with Gasteiger partial charge in [-0.3, -0.25) is 4.79 Å². The number of nitrogens with one attached hydrogen (secondary N) is 1. The third-order valence-electron chi connectivity index (χ3n) is 9.01. The van der Waals surface area contributed by atoms with Gasteiger partial charge in [-0.1, -0.05) is 48.5 Å². The van der Waals surface area contributed by atoms with Gasteiger partial charge in [0, 0.05) is 17.4 Å². The number of carboxylic acid groups (broad SMARTS) is 1. The number of ether oxygens (including phenoxy) is 1. The number of carboxylic acids is 1. The minimum Gasteiger partial charge on any atom is -0.481 e. The molecular weight excluding hydrogens is 390 g/mol. The maximum atomic E-state index is 12.8. The second kappa shape index (κ2) is 6.35. The van der Waals surface area contributed by atoms with E-state index < -0.39 is 17.5 Å². The smallest absolute Gasteiger partial charge is 0.407 e. The van der Waals surface area contributed by atoms with Gasteiger partial charge in [0.05, 0.1) is 5.41 Å². The zero-order chi connectivity index (χ0) is 21.4. The first-order chi connectivity index (χ1) is 14.9. The number of amides is 1. The zero-order valence-corrected chi connectivity index (χ0v) is 17.6. The molecule has 3 unspecified atom stereocenters. The van der Waals surface area contributed by atoms with Gasteiger partial charge in [0.15, 0.2) is 0 Å². The summed E-state index contributed by atoms with van der Waals surface area (Å²) in [6.45, 7) is 2.24. The molecule has 5 heteroatoms. The lowest BCUT2D eigenvalue weighted by molar-refractivity contribution is -0.155. The molecule has 7 rings (SSSR count). The van der Waals surface area contributed by atoms with Crippen molar-refractivity contribution >= 4 is 12.1 Å². The highest BCUT2D eigenvalue weighted by molar-refractivity contribution is 5.80. The van der Waals surface area contributed by atoms with E-state index in [2.05, 4.69) is 29.6 Å². The van der Waals surface area contributed by atoms with E-state index in [-0.39, 0.29) is 24.0 Å². The molecule has 4 fully saturated rings. The van der Waals surface area contributed by atoms with E-state index in [1.54, 1.807) is 0 Å². The molecule has 0 aliphatic heterocycles. The van der Waals surface area contributed by atoms with Crippen molar-refractivity contribution in [1.82, 2.24) is 5.32 Å². The number of hydrogen-bond acceptors (Lipinski definition) is 3. The first kappa shape index (κ1) is 18.9. The lowest BCUT2D eigenvalue weighted by atomic mass is 9.64. The minimum absolute atomic E-state index is 0.0205. The average molecular weight is 418 g/mol. The summed E-state index contributed by atoms with van der Waals surface area (Å²) in [5.41, 5.74) is 3.76. The Morgan fingerprint density at radius 1 is 1.00 bits per heavy atom. The van der Waals surface area contributed by atoms with E-state index in [9.17, 15) is 14.7 Å². The van der Waals surface area contributed by atoms with E-state index in [1.807, 2.05) is 31.2 Å². The average Bonchev–Trinajstić information content (AvgIpc) is 3.53. The predicted octanol–water partition coefficient (Wildman–Crippen LogP) is 4.80. The Balaban J connectivity index is 1.17. The Bertz CT molecular complexity index is 1030. The number of carbonyl (C=O) groups excluding carboxylic acids is 1. The highest BCUT2D eigenvalue weighted by Crippen LogP contribution is 2.77. The zero-order valence-electron chi connectivity index (χ0n) is 17.6. The molecule has 0 radical (unpaired) electrons. The Morgan fingerprint density at radius 2 is 1.55 bits per heavy atom. The summed E-state index contributed by atoms with van der Waals surface area (Å²) < 4.78 is 5.72. The van der Waals surface area contributed by atoms with Gasteiger partial charge in [-0.15, -0.1) is 0 Å². The van der Waals surface area contributed by atoms with Crippen molar-refractivity contribution in [2.75, 3.05) is 6.61 Å². The second-order valence-electron chi connectivity index (χ2n) is 10.1. The van der Waals surface area contributed by atoms with Gasteiger partial charge in [0.1, 0.15) is 6.61 Å². The van der Waals surface area contributed by atoms with Crippen molar-refractivity contribution in [1.29, 1.82) is 0 Å². The number of rotatable bonds is 5. The first-order valence-electron chi connectivity index (χ1n) is 11.3. The van der Waals surface area contributed by atoms with Gasteiger partial charge in [0.25, 0.3) is 0 Å². The van der Waals surface area contributed by atoms with Crippen LogP contribution < -0.4 is 5.32 Å². The molecule has 0 spiro atoms. The van der Waals surface area contributed by atoms with Gasteiger partial charge in [0.2, 0.25) is 0 Å². The van der Waals surface area contributed by atoms with Crippen LogP contribution in [0.2, 0.25) is 0 Å².